The fourth-order valence-electron chi connectivity index (χ4n) is 1.48. The van der Waals surface area contributed by atoms with E-state index in [4.69, 9.17) is 5.73 Å². The van der Waals surface area contributed by atoms with Gasteiger partial charge in [-0.25, -0.2) is 4.39 Å². The summed E-state index contributed by atoms with van der Waals surface area (Å²) in [7, 11) is 0. The lowest BCUT2D eigenvalue weighted by Crippen LogP contribution is -2.33. The molecule has 1 aromatic carbocycles. The van der Waals surface area contributed by atoms with E-state index in [9.17, 15) is 9.18 Å². The van der Waals surface area contributed by atoms with Crippen LogP contribution in [0.15, 0.2) is 16.6 Å². The summed E-state index contributed by atoms with van der Waals surface area (Å²) in [5.74, 6) is -0.418. The standard InChI is InChI=1S/C13H19BrFN3O/c1-3-8(2)18-13(19)4-5-17-12-7-10(15)9(14)6-11(12)16/h6-8,17H,3-5,16H2,1-2H3,(H,18,19). The molecule has 19 heavy (non-hydrogen) atoms. The predicted octanol–water partition coefficient (Wildman–Crippen LogP) is 2.89. The first-order valence-electron chi connectivity index (χ1n) is 6.21. The molecule has 106 valence electrons. The zero-order valence-corrected chi connectivity index (χ0v) is 12.7. The van der Waals surface area contributed by atoms with Crippen molar-refractivity contribution >= 4 is 33.2 Å². The normalized spacial score (nSPS) is 12.0. The molecule has 0 aromatic heterocycles. The maximum atomic E-state index is 13.3. The number of rotatable bonds is 6. The Morgan fingerprint density at radius 2 is 2.21 bits per heavy atom. The largest absolute Gasteiger partial charge is 0.397 e. The Bertz CT molecular complexity index is 454. The molecule has 4 nitrogen and oxygen atoms in total. The number of halogens is 2. The summed E-state index contributed by atoms with van der Waals surface area (Å²) in [6.45, 7) is 4.37. The number of hydrogen-bond acceptors (Lipinski definition) is 3. The van der Waals surface area contributed by atoms with Gasteiger partial charge in [0.1, 0.15) is 5.82 Å². The summed E-state index contributed by atoms with van der Waals surface area (Å²) in [6.07, 6.45) is 1.21. The number of nitrogens with two attached hydrogens (primary N) is 1. The van der Waals surface area contributed by atoms with Gasteiger partial charge in [-0.1, -0.05) is 6.92 Å². The molecular weight excluding hydrogens is 313 g/mol. The van der Waals surface area contributed by atoms with Gasteiger partial charge in [0, 0.05) is 25.1 Å². The van der Waals surface area contributed by atoms with E-state index in [0.29, 0.717) is 28.8 Å². The molecule has 0 radical (unpaired) electrons. The summed E-state index contributed by atoms with van der Waals surface area (Å²) in [5, 5.41) is 5.82. The van der Waals surface area contributed by atoms with E-state index in [1.165, 1.54) is 12.1 Å². The van der Waals surface area contributed by atoms with E-state index in [-0.39, 0.29) is 17.8 Å². The van der Waals surface area contributed by atoms with Crippen LogP contribution in [-0.2, 0) is 4.79 Å². The molecule has 4 N–H and O–H groups in total. The minimum Gasteiger partial charge on any atom is -0.397 e. The Morgan fingerprint density at radius 1 is 1.53 bits per heavy atom. The van der Waals surface area contributed by atoms with E-state index < -0.39 is 0 Å². The van der Waals surface area contributed by atoms with Gasteiger partial charge in [0.2, 0.25) is 5.91 Å². The Hall–Kier alpha value is -1.30. The lowest BCUT2D eigenvalue weighted by atomic mass is 10.2. The zero-order valence-electron chi connectivity index (χ0n) is 11.1. The Morgan fingerprint density at radius 3 is 2.84 bits per heavy atom. The van der Waals surface area contributed by atoms with Crippen LogP contribution >= 0.6 is 15.9 Å². The van der Waals surface area contributed by atoms with Gasteiger partial charge in [-0.15, -0.1) is 0 Å². The summed E-state index contributed by atoms with van der Waals surface area (Å²) < 4.78 is 13.7. The van der Waals surface area contributed by atoms with Crippen LogP contribution in [0.2, 0.25) is 0 Å². The number of amides is 1. The third kappa shape index (κ3) is 5.06. The van der Waals surface area contributed by atoms with Crippen molar-refractivity contribution in [1.82, 2.24) is 5.32 Å². The highest BCUT2D eigenvalue weighted by molar-refractivity contribution is 9.10. The molecule has 1 amide bonds. The molecule has 1 rings (SSSR count). The Labute approximate surface area is 121 Å². The number of carbonyl (C=O) groups excluding carboxylic acids is 1. The van der Waals surface area contributed by atoms with Crippen LogP contribution in [0.1, 0.15) is 26.7 Å². The summed E-state index contributed by atoms with van der Waals surface area (Å²) in [5.41, 5.74) is 6.69. The third-order valence-electron chi connectivity index (χ3n) is 2.78. The van der Waals surface area contributed by atoms with Crippen LogP contribution in [-0.4, -0.2) is 18.5 Å². The topological polar surface area (TPSA) is 67.2 Å². The number of nitrogen functional groups attached to an aromatic ring is 1. The van der Waals surface area contributed by atoms with Gasteiger partial charge in [-0.2, -0.15) is 0 Å². The molecule has 0 aliphatic rings. The van der Waals surface area contributed by atoms with Crippen molar-refractivity contribution in [1.29, 1.82) is 0 Å². The Balaban J connectivity index is 2.45. The second-order valence-electron chi connectivity index (χ2n) is 4.41. The average molecular weight is 332 g/mol. The van der Waals surface area contributed by atoms with Gasteiger partial charge in [0.15, 0.2) is 0 Å². The fourth-order valence-corrected chi connectivity index (χ4v) is 1.84. The van der Waals surface area contributed by atoms with Crippen molar-refractivity contribution in [3.63, 3.8) is 0 Å². The maximum absolute atomic E-state index is 13.3. The lowest BCUT2D eigenvalue weighted by molar-refractivity contribution is -0.121. The smallest absolute Gasteiger partial charge is 0.221 e. The SMILES string of the molecule is CCC(C)NC(=O)CCNc1cc(F)c(Br)cc1N. The minimum atomic E-state index is -0.388. The first kappa shape index (κ1) is 15.8. The van der Waals surface area contributed by atoms with Crippen molar-refractivity contribution in [3.8, 4) is 0 Å². The maximum Gasteiger partial charge on any atom is 0.221 e. The first-order valence-corrected chi connectivity index (χ1v) is 7.01. The van der Waals surface area contributed by atoms with Crippen molar-refractivity contribution < 1.29 is 9.18 Å². The van der Waals surface area contributed by atoms with E-state index >= 15 is 0 Å². The molecule has 0 heterocycles. The van der Waals surface area contributed by atoms with Crippen LogP contribution in [0.5, 0.6) is 0 Å². The number of anilines is 2. The first-order chi connectivity index (χ1) is 8.93. The van der Waals surface area contributed by atoms with Crippen molar-refractivity contribution in [3.05, 3.63) is 22.4 Å². The van der Waals surface area contributed by atoms with E-state index in [0.717, 1.165) is 6.42 Å². The van der Waals surface area contributed by atoms with Crippen LogP contribution in [0.4, 0.5) is 15.8 Å². The summed E-state index contributed by atoms with van der Waals surface area (Å²) >= 11 is 3.06. The number of nitrogens with one attached hydrogen (secondary N) is 2. The van der Waals surface area contributed by atoms with Crippen molar-refractivity contribution in [2.24, 2.45) is 0 Å². The van der Waals surface area contributed by atoms with Crippen LogP contribution in [0.3, 0.4) is 0 Å². The summed E-state index contributed by atoms with van der Waals surface area (Å²) in [4.78, 5) is 11.5. The molecule has 1 unspecified atom stereocenters. The molecule has 0 aliphatic heterocycles. The molecular formula is C13H19BrFN3O. The predicted molar refractivity (Wildman–Crippen MR) is 79.5 cm³/mol. The molecule has 0 spiro atoms. The number of hydrogen-bond donors (Lipinski definition) is 3. The van der Waals surface area contributed by atoms with Gasteiger partial charge in [0.25, 0.3) is 0 Å². The Kier molecular flexibility index (Phi) is 6.08. The zero-order chi connectivity index (χ0) is 14.4. The monoisotopic (exact) mass is 331 g/mol. The van der Waals surface area contributed by atoms with Crippen LogP contribution in [0, 0.1) is 5.82 Å². The second kappa shape index (κ2) is 7.33. The lowest BCUT2D eigenvalue weighted by Gasteiger charge is -2.13. The molecule has 0 saturated carbocycles. The second-order valence-corrected chi connectivity index (χ2v) is 5.26. The minimum absolute atomic E-state index is 0.0296. The highest BCUT2D eigenvalue weighted by atomic mass is 79.9. The fraction of sp³-hybridized carbons (Fsp3) is 0.462. The molecule has 0 saturated heterocycles. The van der Waals surface area contributed by atoms with Gasteiger partial charge < -0.3 is 16.4 Å². The summed E-state index contributed by atoms with van der Waals surface area (Å²) in [6, 6.07) is 2.98. The van der Waals surface area contributed by atoms with Gasteiger partial charge in [-0.05, 0) is 35.3 Å². The quantitative estimate of drug-likeness (QED) is 0.702. The highest BCUT2D eigenvalue weighted by Crippen LogP contribution is 2.26. The number of benzene rings is 1. The van der Waals surface area contributed by atoms with E-state index in [1.807, 2.05) is 13.8 Å². The van der Waals surface area contributed by atoms with Crippen LogP contribution < -0.4 is 16.4 Å². The van der Waals surface area contributed by atoms with Gasteiger partial charge >= 0.3 is 0 Å². The molecule has 1 atom stereocenters. The van der Waals surface area contributed by atoms with Crippen molar-refractivity contribution in [2.75, 3.05) is 17.6 Å². The molecule has 0 aliphatic carbocycles. The van der Waals surface area contributed by atoms with Gasteiger partial charge in [-0.3, -0.25) is 4.79 Å². The molecule has 6 heteroatoms. The van der Waals surface area contributed by atoms with Crippen molar-refractivity contribution in [2.45, 2.75) is 32.7 Å². The highest BCUT2D eigenvalue weighted by Gasteiger charge is 2.08. The third-order valence-corrected chi connectivity index (χ3v) is 3.39. The van der Waals surface area contributed by atoms with Crippen LogP contribution in [0.25, 0.3) is 0 Å². The van der Waals surface area contributed by atoms with E-state index in [2.05, 4.69) is 26.6 Å². The average Bonchev–Trinajstić information content (AvgIpc) is 2.35. The van der Waals surface area contributed by atoms with E-state index in [1.54, 1.807) is 0 Å². The molecule has 0 bridgehead atoms. The molecule has 0 fully saturated rings. The van der Waals surface area contributed by atoms with Gasteiger partial charge in [0.05, 0.1) is 15.8 Å². The number of carbonyl (C=O) groups is 1. The molecule has 1 aromatic rings.